The van der Waals surface area contributed by atoms with Gasteiger partial charge in [-0.15, -0.1) is 0 Å². The first-order valence-corrected chi connectivity index (χ1v) is 7.86. The predicted octanol–water partition coefficient (Wildman–Crippen LogP) is 4.81. The number of carboxylic acids is 1. The first-order valence-electron chi connectivity index (χ1n) is 6.69. The topological polar surface area (TPSA) is 58.6 Å². The molecular formula is C16H15BrClNO3. The molecule has 0 radical (unpaired) electrons. The second-order valence-corrected chi connectivity index (χ2v) is 5.81. The van der Waals surface area contributed by atoms with Gasteiger partial charge in [0, 0.05) is 6.54 Å². The van der Waals surface area contributed by atoms with E-state index in [1.807, 2.05) is 25.1 Å². The molecule has 0 unspecified atom stereocenters. The summed E-state index contributed by atoms with van der Waals surface area (Å²) in [4.78, 5) is 11.0. The quantitative estimate of drug-likeness (QED) is 0.750. The van der Waals surface area contributed by atoms with Gasteiger partial charge in [-0.25, -0.2) is 4.79 Å². The fraction of sp³-hybridized carbons (Fsp3) is 0.188. The van der Waals surface area contributed by atoms with Crippen LogP contribution in [0.15, 0.2) is 40.9 Å². The van der Waals surface area contributed by atoms with Crippen LogP contribution in [0.4, 0.5) is 5.69 Å². The number of anilines is 1. The van der Waals surface area contributed by atoms with E-state index in [4.69, 9.17) is 21.4 Å². The van der Waals surface area contributed by atoms with Crippen molar-refractivity contribution in [2.75, 3.05) is 11.9 Å². The van der Waals surface area contributed by atoms with Gasteiger partial charge < -0.3 is 15.2 Å². The number of carbonyl (C=O) groups is 1. The lowest BCUT2D eigenvalue weighted by Gasteiger charge is -2.11. The Morgan fingerprint density at radius 3 is 2.73 bits per heavy atom. The molecular weight excluding hydrogens is 370 g/mol. The van der Waals surface area contributed by atoms with Gasteiger partial charge in [-0.05, 0) is 58.7 Å². The van der Waals surface area contributed by atoms with Gasteiger partial charge >= 0.3 is 5.97 Å². The van der Waals surface area contributed by atoms with Gasteiger partial charge in [0.1, 0.15) is 5.75 Å². The number of nitrogens with one attached hydrogen (secondary N) is 1. The van der Waals surface area contributed by atoms with Crippen molar-refractivity contribution in [1.29, 1.82) is 0 Å². The van der Waals surface area contributed by atoms with E-state index >= 15 is 0 Å². The van der Waals surface area contributed by atoms with Gasteiger partial charge in [0.2, 0.25) is 0 Å². The molecule has 0 aliphatic rings. The van der Waals surface area contributed by atoms with Gasteiger partial charge in [-0.1, -0.05) is 17.7 Å². The third-order valence-corrected chi connectivity index (χ3v) is 3.94. The fourth-order valence-electron chi connectivity index (χ4n) is 1.92. The van der Waals surface area contributed by atoms with Gasteiger partial charge in [-0.3, -0.25) is 0 Å². The lowest BCUT2D eigenvalue weighted by atomic mass is 10.2. The van der Waals surface area contributed by atoms with Crippen molar-refractivity contribution in [3.63, 3.8) is 0 Å². The molecule has 116 valence electrons. The van der Waals surface area contributed by atoms with E-state index in [1.165, 1.54) is 12.1 Å². The summed E-state index contributed by atoms with van der Waals surface area (Å²) in [6, 6.07) is 10.4. The van der Waals surface area contributed by atoms with Crippen LogP contribution in [0.3, 0.4) is 0 Å². The minimum Gasteiger partial charge on any atom is -0.493 e. The molecule has 0 bridgehead atoms. The van der Waals surface area contributed by atoms with Crippen molar-refractivity contribution in [1.82, 2.24) is 0 Å². The Labute approximate surface area is 142 Å². The first kappa shape index (κ1) is 16.6. The zero-order chi connectivity index (χ0) is 16.1. The summed E-state index contributed by atoms with van der Waals surface area (Å²) in [6.07, 6.45) is 0. The van der Waals surface area contributed by atoms with Crippen molar-refractivity contribution in [3.05, 3.63) is 57.0 Å². The van der Waals surface area contributed by atoms with Gasteiger partial charge in [0.05, 0.1) is 27.4 Å². The molecule has 0 heterocycles. The Morgan fingerprint density at radius 2 is 2.09 bits per heavy atom. The number of rotatable bonds is 6. The van der Waals surface area contributed by atoms with Crippen molar-refractivity contribution in [2.24, 2.45) is 0 Å². The SMILES string of the molecule is CCOc1ccc(CNc2cc(C(=O)O)ccc2Cl)cc1Br. The molecule has 0 atom stereocenters. The van der Waals surface area contributed by atoms with Crippen molar-refractivity contribution in [3.8, 4) is 5.75 Å². The van der Waals surface area contributed by atoms with E-state index in [9.17, 15) is 4.79 Å². The zero-order valence-electron chi connectivity index (χ0n) is 11.9. The maximum atomic E-state index is 11.0. The van der Waals surface area contributed by atoms with Crippen molar-refractivity contribution >= 4 is 39.2 Å². The third kappa shape index (κ3) is 4.15. The van der Waals surface area contributed by atoms with E-state index in [-0.39, 0.29) is 5.56 Å². The monoisotopic (exact) mass is 383 g/mol. The molecule has 0 fully saturated rings. The number of aromatic carboxylic acids is 1. The van der Waals surface area contributed by atoms with E-state index in [1.54, 1.807) is 6.07 Å². The molecule has 0 aromatic heterocycles. The summed E-state index contributed by atoms with van der Waals surface area (Å²) in [5.41, 5.74) is 1.80. The summed E-state index contributed by atoms with van der Waals surface area (Å²) >= 11 is 9.54. The second kappa shape index (κ2) is 7.51. The third-order valence-electron chi connectivity index (χ3n) is 2.99. The Balaban J connectivity index is 2.11. The standard InChI is InChI=1S/C16H15BrClNO3/c1-2-22-15-6-3-10(7-12(15)17)9-19-14-8-11(16(20)21)4-5-13(14)18/h3-8,19H,2,9H2,1H3,(H,20,21). The van der Waals surface area contributed by atoms with E-state index < -0.39 is 5.97 Å². The lowest BCUT2D eigenvalue weighted by molar-refractivity contribution is 0.0697. The minimum atomic E-state index is -0.983. The van der Waals surface area contributed by atoms with Crippen LogP contribution in [-0.2, 0) is 6.54 Å². The summed E-state index contributed by atoms with van der Waals surface area (Å²) in [5.74, 6) is -0.194. The normalized spacial score (nSPS) is 10.3. The summed E-state index contributed by atoms with van der Waals surface area (Å²) in [7, 11) is 0. The van der Waals surface area contributed by atoms with Crippen LogP contribution < -0.4 is 10.1 Å². The van der Waals surface area contributed by atoms with E-state index in [2.05, 4.69) is 21.2 Å². The number of carboxylic acid groups (broad SMARTS) is 1. The summed E-state index contributed by atoms with van der Waals surface area (Å²) in [6.45, 7) is 3.06. The average Bonchev–Trinajstić information content (AvgIpc) is 2.49. The lowest BCUT2D eigenvalue weighted by Crippen LogP contribution is -2.03. The second-order valence-electron chi connectivity index (χ2n) is 4.55. The molecule has 4 nitrogen and oxygen atoms in total. The first-order chi connectivity index (χ1) is 10.5. The molecule has 6 heteroatoms. The van der Waals surface area contributed by atoms with E-state index in [0.29, 0.717) is 23.9 Å². The Morgan fingerprint density at radius 1 is 1.32 bits per heavy atom. The highest BCUT2D eigenvalue weighted by molar-refractivity contribution is 9.10. The number of hydrogen-bond donors (Lipinski definition) is 2. The number of hydrogen-bond acceptors (Lipinski definition) is 3. The summed E-state index contributed by atoms with van der Waals surface area (Å²) < 4.78 is 6.34. The van der Waals surface area contributed by atoms with Crippen LogP contribution in [-0.4, -0.2) is 17.7 Å². The van der Waals surface area contributed by atoms with Crippen molar-refractivity contribution < 1.29 is 14.6 Å². The number of halogens is 2. The van der Waals surface area contributed by atoms with Crippen LogP contribution in [0, 0.1) is 0 Å². The molecule has 0 aliphatic heterocycles. The molecule has 0 spiro atoms. The number of benzene rings is 2. The summed E-state index contributed by atoms with van der Waals surface area (Å²) in [5, 5.41) is 12.6. The van der Waals surface area contributed by atoms with Crippen LogP contribution in [0.1, 0.15) is 22.8 Å². The molecule has 0 saturated heterocycles. The number of ether oxygens (including phenoxy) is 1. The molecule has 0 aliphatic carbocycles. The van der Waals surface area contributed by atoms with Crippen LogP contribution in [0.2, 0.25) is 5.02 Å². The Hall–Kier alpha value is -1.72. The molecule has 22 heavy (non-hydrogen) atoms. The minimum absolute atomic E-state index is 0.194. The molecule has 0 amide bonds. The average molecular weight is 385 g/mol. The largest absolute Gasteiger partial charge is 0.493 e. The Bertz CT molecular complexity index is 691. The van der Waals surface area contributed by atoms with Gasteiger partial charge in [0.25, 0.3) is 0 Å². The molecule has 2 N–H and O–H groups in total. The fourth-order valence-corrected chi connectivity index (χ4v) is 2.64. The van der Waals surface area contributed by atoms with Crippen molar-refractivity contribution in [2.45, 2.75) is 13.5 Å². The van der Waals surface area contributed by atoms with Crippen LogP contribution in [0.5, 0.6) is 5.75 Å². The maximum Gasteiger partial charge on any atom is 0.335 e. The highest BCUT2D eigenvalue weighted by Crippen LogP contribution is 2.27. The predicted molar refractivity (Wildman–Crippen MR) is 91.0 cm³/mol. The molecule has 2 aromatic rings. The van der Waals surface area contributed by atoms with Gasteiger partial charge in [-0.2, -0.15) is 0 Å². The van der Waals surface area contributed by atoms with Crippen LogP contribution >= 0.6 is 27.5 Å². The maximum absolute atomic E-state index is 11.0. The van der Waals surface area contributed by atoms with E-state index in [0.717, 1.165) is 15.8 Å². The molecule has 2 rings (SSSR count). The Kier molecular flexibility index (Phi) is 5.69. The van der Waals surface area contributed by atoms with Gasteiger partial charge in [0.15, 0.2) is 0 Å². The highest BCUT2D eigenvalue weighted by atomic mass is 79.9. The van der Waals surface area contributed by atoms with Crippen LogP contribution in [0.25, 0.3) is 0 Å². The highest BCUT2D eigenvalue weighted by Gasteiger charge is 2.08. The molecule has 2 aromatic carbocycles. The smallest absolute Gasteiger partial charge is 0.335 e. The molecule has 0 saturated carbocycles. The zero-order valence-corrected chi connectivity index (χ0v) is 14.2.